The fraction of sp³-hybridized carbons (Fsp3) is 0.654. The van der Waals surface area contributed by atoms with Crippen molar-refractivity contribution in [3.05, 3.63) is 24.3 Å². The normalized spacial score (nSPS) is 8.63. The number of aliphatic hydroxyl groups is 1. The zero-order valence-electron chi connectivity index (χ0n) is 21.5. The quantitative estimate of drug-likeness (QED) is 0.137. The van der Waals surface area contributed by atoms with E-state index in [4.69, 9.17) is 10.2 Å². The zero-order chi connectivity index (χ0) is 25.9. The second-order valence-corrected chi connectivity index (χ2v) is 5.63. The van der Waals surface area contributed by atoms with Gasteiger partial charge in [-0.15, -0.1) is 0 Å². The van der Waals surface area contributed by atoms with E-state index < -0.39 is 18.0 Å². The number of rotatable bonds is 9. The Morgan fingerprint density at radius 3 is 1.37 bits per heavy atom. The molecule has 0 aliphatic rings. The average Bonchev–Trinajstić information content (AvgIpc) is 2.62. The van der Waals surface area contributed by atoms with Crippen LogP contribution < -0.4 is 29.6 Å². The van der Waals surface area contributed by atoms with Crippen molar-refractivity contribution in [1.29, 1.82) is 0 Å². The topological polar surface area (TPSA) is 184 Å². The second kappa shape index (κ2) is 51.6. The zero-order valence-corrected chi connectivity index (χ0v) is 23.5. The number of carbonyl (C=O) groups is 5. The van der Waals surface area contributed by atoms with Crippen molar-refractivity contribution in [3.63, 3.8) is 0 Å². The van der Waals surface area contributed by atoms with Crippen molar-refractivity contribution in [2.75, 3.05) is 19.8 Å². The molecule has 0 rings (SSSR count). The van der Waals surface area contributed by atoms with Crippen molar-refractivity contribution in [3.8, 4) is 0 Å². The molecular formula is C26H55NaO11. The van der Waals surface area contributed by atoms with Crippen LogP contribution in [0.4, 0.5) is 0 Å². The predicted molar refractivity (Wildman–Crippen MR) is 148 cm³/mol. The van der Waals surface area contributed by atoms with Gasteiger partial charge >= 0.3 is 53.4 Å². The van der Waals surface area contributed by atoms with Gasteiger partial charge in [0.25, 0.3) is 0 Å². The van der Waals surface area contributed by atoms with E-state index in [1.165, 1.54) is 19.1 Å². The molecule has 3 N–H and O–H groups in total. The Morgan fingerprint density at radius 1 is 0.763 bits per heavy atom. The molecule has 0 spiro atoms. The summed E-state index contributed by atoms with van der Waals surface area (Å²) >= 11 is 0. The summed E-state index contributed by atoms with van der Waals surface area (Å²) in [5.74, 6) is -2.10. The van der Waals surface area contributed by atoms with Gasteiger partial charge in [0.05, 0.1) is 32.3 Å². The number of allylic oxidation sites excluding steroid dienone is 2. The minimum absolute atomic E-state index is 0. The van der Waals surface area contributed by atoms with Gasteiger partial charge in [-0.1, -0.05) is 41.9 Å². The summed E-state index contributed by atoms with van der Waals surface area (Å²) < 4.78 is 13.6. The van der Waals surface area contributed by atoms with Crippen molar-refractivity contribution in [1.82, 2.24) is 0 Å². The SMILES string of the molecule is C.C.C.C.C/C=C/C(=O)O.C/C=C/C(=O)OCC.CCOC(=O)CC(C)=O.CCOC(=O)CC(C)O.[Na+].[OH-]. The van der Waals surface area contributed by atoms with Crippen molar-refractivity contribution >= 4 is 29.7 Å². The number of ketones is 1. The molecule has 1 unspecified atom stereocenters. The molecular weight excluding hydrogens is 511 g/mol. The molecule has 0 aromatic carbocycles. The molecule has 0 amide bonds. The number of carboxylic acid groups (broad SMARTS) is 1. The first-order valence-corrected chi connectivity index (χ1v) is 10.0. The van der Waals surface area contributed by atoms with Gasteiger partial charge in [0, 0.05) is 12.2 Å². The Balaban J connectivity index is -0.0000000329. The summed E-state index contributed by atoms with van der Waals surface area (Å²) in [5.41, 5.74) is 0. The minimum atomic E-state index is -0.891. The van der Waals surface area contributed by atoms with E-state index in [0.29, 0.717) is 19.8 Å². The van der Waals surface area contributed by atoms with E-state index in [-0.39, 0.29) is 95.3 Å². The number of Topliss-reactive ketones (excluding diaryl/α,β-unsaturated/α-hetero) is 1. The van der Waals surface area contributed by atoms with Crippen molar-refractivity contribution in [2.24, 2.45) is 0 Å². The Labute approximate surface area is 253 Å². The third-order valence-electron chi connectivity index (χ3n) is 2.36. The standard InChI is InChI=1S/C6H12O3.C6H10O3.C6H10O2.C4H6O2.4CH4.Na.H2O/c2*1-3-9-6(8)4-5(2)7;1-3-5-6(7)8-4-2;1-2-3-4(5)6;;;;;;/h5,7H,3-4H2,1-2H3;3-4H2,1-2H3;3,5H,4H2,1-2H3;2-3H,1H3,(H,5,6);4*1H4;;1H2/q;;;;;;;;+1;/p-1/b;;5-3+;3-2+;;;;;;. The molecule has 0 aliphatic heterocycles. The molecule has 0 aromatic rings. The van der Waals surface area contributed by atoms with Gasteiger partial charge in [-0.3, -0.25) is 14.4 Å². The molecule has 0 heterocycles. The molecule has 226 valence electrons. The number of carboxylic acids is 1. The molecule has 0 saturated heterocycles. The van der Waals surface area contributed by atoms with Crippen LogP contribution in [0.1, 0.15) is 91.0 Å². The van der Waals surface area contributed by atoms with E-state index in [9.17, 15) is 24.0 Å². The number of hydrogen-bond acceptors (Lipinski definition) is 10. The number of hydrogen-bond donors (Lipinski definition) is 2. The molecule has 0 radical (unpaired) electrons. The van der Waals surface area contributed by atoms with Gasteiger partial charge in [-0.2, -0.15) is 0 Å². The third kappa shape index (κ3) is 84.0. The summed E-state index contributed by atoms with van der Waals surface area (Å²) in [6.45, 7) is 12.7. The second-order valence-electron chi connectivity index (χ2n) is 5.63. The summed E-state index contributed by atoms with van der Waals surface area (Å²) in [7, 11) is 0. The van der Waals surface area contributed by atoms with Gasteiger partial charge in [-0.25, -0.2) is 9.59 Å². The Bertz CT molecular complexity index is 588. The molecule has 1 atom stereocenters. The molecule has 11 nitrogen and oxygen atoms in total. The fourth-order valence-electron chi connectivity index (χ4n) is 1.35. The Kier molecular flexibility index (Phi) is 88.5. The maximum atomic E-state index is 10.5. The van der Waals surface area contributed by atoms with Crippen LogP contribution in [0.2, 0.25) is 0 Å². The van der Waals surface area contributed by atoms with Gasteiger partial charge < -0.3 is 29.9 Å². The van der Waals surface area contributed by atoms with Gasteiger partial charge in [0.1, 0.15) is 12.2 Å². The van der Waals surface area contributed by atoms with Crippen LogP contribution in [-0.4, -0.2) is 71.3 Å². The molecule has 0 saturated carbocycles. The van der Waals surface area contributed by atoms with Crippen LogP contribution >= 0.6 is 0 Å². The largest absolute Gasteiger partial charge is 1.00 e. The number of carbonyl (C=O) groups excluding carboxylic acids is 4. The van der Waals surface area contributed by atoms with E-state index in [0.717, 1.165) is 6.08 Å². The Hall–Kier alpha value is -2.05. The van der Waals surface area contributed by atoms with Crippen molar-refractivity contribution < 1.29 is 83.4 Å². The first kappa shape index (κ1) is 65.2. The summed E-state index contributed by atoms with van der Waals surface area (Å²) in [6, 6.07) is 0. The number of aliphatic hydroxyl groups excluding tert-OH is 1. The van der Waals surface area contributed by atoms with E-state index in [1.54, 1.807) is 47.6 Å². The van der Waals surface area contributed by atoms with Gasteiger partial charge in [0.15, 0.2) is 0 Å². The molecule has 0 fully saturated rings. The van der Waals surface area contributed by atoms with Crippen LogP contribution in [0.3, 0.4) is 0 Å². The first-order valence-electron chi connectivity index (χ1n) is 10.0. The van der Waals surface area contributed by atoms with E-state index in [2.05, 4.69) is 14.2 Å². The third-order valence-corrected chi connectivity index (χ3v) is 2.36. The van der Waals surface area contributed by atoms with Crippen LogP contribution in [0.25, 0.3) is 0 Å². The summed E-state index contributed by atoms with van der Waals surface area (Å²) in [6.07, 6.45) is 5.00. The van der Waals surface area contributed by atoms with Crippen LogP contribution in [0, 0.1) is 0 Å². The van der Waals surface area contributed by atoms with E-state index >= 15 is 0 Å². The smallest absolute Gasteiger partial charge is 0.870 e. The van der Waals surface area contributed by atoms with Crippen LogP contribution in [0.15, 0.2) is 24.3 Å². The summed E-state index contributed by atoms with van der Waals surface area (Å²) in [4.78, 5) is 51.0. The predicted octanol–water partition coefficient (Wildman–Crippen LogP) is 1.99. The Morgan fingerprint density at radius 2 is 1.13 bits per heavy atom. The number of aliphatic carboxylic acids is 1. The maximum absolute atomic E-state index is 10.5. The molecule has 38 heavy (non-hydrogen) atoms. The fourth-order valence-corrected chi connectivity index (χ4v) is 1.35. The molecule has 0 aromatic heterocycles. The number of ether oxygens (including phenoxy) is 3. The van der Waals surface area contributed by atoms with Crippen molar-refractivity contribution in [2.45, 2.75) is 97.1 Å². The number of esters is 3. The monoisotopic (exact) mass is 566 g/mol. The van der Waals surface area contributed by atoms with Gasteiger partial charge in [0.2, 0.25) is 0 Å². The minimum Gasteiger partial charge on any atom is -0.870 e. The summed E-state index contributed by atoms with van der Waals surface area (Å²) in [5, 5.41) is 16.5. The van der Waals surface area contributed by atoms with E-state index in [1.807, 2.05) is 0 Å². The first-order chi connectivity index (χ1) is 14.9. The molecule has 0 bridgehead atoms. The maximum Gasteiger partial charge on any atom is 1.00 e. The molecule has 0 aliphatic carbocycles. The average molecular weight is 567 g/mol. The molecule has 12 heteroatoms. The van der Waals surface area contributed by atoms with Gasteiger partial charge in [-0.05, 0) is 48.5 Å². The van der Waals surface area contributed by atoms with Crippen LogP contribution in [0.5, 0.6) is 0 Å². The van der Waals surface area contributed by atoms with Crippen LogP contribution in [-0.2, 0) is 38.2 Å².